The van der Waals surface area contributed by atoms with Gasteiger partial charge in [0, 0.05) is 24.5 Å². The number of ether oxygens (including phenoxy) is 1. The number of likely N-dealkylation sites (tertiary alicyclic amines) is 1. The van der Waals surface area contributed by atoms with Crippen LogP contribution in [0, 0.1) is 17.2 Å². The van der Waals surface area contributed by atoms with Crippen molar-refractivity contribution >= 4 is 23.2 Å². The number of nitriles is 1. The summed E-state index contributed by atoms with van der Waals surface area (Å²) in [4.78, 5) is 15.0. The van der Waals surface area contributed by atoms with Crippen molar-refractivity contribution < 1.29 is 9.53 Å². The van der Waals surface area contributed by atoms with E-state index < -0.39 is 0 Å². The highest BCUT2D eigenvalue weighted by Gasteiger charge is 2.26. The Morgan fingerprint density at radius 3 is 2.89 bits per heavy atom. The van der Waals surface area contributed by atoms with Gasteiger partial charge in [0.25, 0.3) is 0 Å². The Bertz CT molecular complexity index is 820. The molecule has 1 aliphatic heterocycles. The van der Waals surface area contributed by atoms with Gasteiger partial charge in [0.2, 0.25) is 5.91 Å². The van der Waals surface area contributed by atoms with Crippen molar-refractivity contribution in [1.82, 2.24) is 4.90 Å². The maximum absolute atomic E-state index is 12.8. The number of amides is 1. The SMILES string of the molecule is N#CCCN1CCCC(C(=O)Nc2cc(Cl)ccc2Oc2ccccc2)C1. The molecule has 1 heterocycles. The summed E-state index contributed by atoms with van der Waals surface area (Å²) in [6, 6.07) is 16.8. The van der Waals surface area contributed by atoms with Gasteiger partial charge in [0.05, 0.1) is 17.7 Å². The van der Waals surface area contributed by atoms with Crippen LogP contribution >= 0.6 is 11.6 Å². The molecule has 3 rings (SSSR count). The van der Waals surface area contributed by atoms with E-state index >= 15 is 0 Å². The van der Waals surface area contributed by atoms with Crippen LogP contribution in [0.2, 0.25) is 5.02 Å². The van der Waals surface area contributed by atoms with Gasteiger partial charge in [-0.2, -0.15) is 5.26 Å². The van der Waals surface area contributed by atoms with Crippen molar-refractivity contribution in [2.24, 2.45) is 5.92 Å². The highest BCUT2D eigenvalue weighted by atomic mass is 35.5. The molecule has 6 heteroatoms. The fourth-order valence-corrected chi connectivity index (χ4v) is 3.39. The van der Waals surface area contributed by atoms with E-state index in [-0.39, 0.29) is 11.8 Å². The standard InChI is InChI=1S/C21H22ClN3O2/c22-17-9-10-20(27-18-7-2-1-3-8-18)19(14-17)24-21(26)16-6-4-12-25(15-16)13-5-11-23/h1-3,7-10,14,16H,4-6,12-13,15H2,(H,24,26). The normalized spacial score (nSPS) is 17.1. The number of carbonyl (C=O) groups is 1. The Balaban J connectivity index is 1.70. The number of anilines is 1. The van der Waals surface area contributed by atoms with Crippen molar-refractivity contribution in [2.75, 3.05) is 25.0 Å². The Morgan fingerprint density at radius 2 is 2.11 bits per heavy atom. The molecular weight excluding hydrogens is 362 g/mol. The van der Waals surface area contributed by atoms with Gasteiger partial charge in [-0.15, -0.1) is 0 Å². The number of hydrogen-bond acceptors (Lipinski definition) is 4. The molecule has 5 nitrogen and oxygen atoms in total. The Morgan fingerprint density at radius 1 is 1.30 bits per heavy atom. The summed E-state index contributed by atoms with van der Waals surface area (Å²) in [7, 11) is 0. The summed E-state index contributed by atoms with van der Waals surface area (Å²) in [5.74, 6) is 1.09. The number of piperidine rings is 1. The van der Waals surface area contributed by atoms with E-state index in [1.807, 2.05) is 30.3 Å². The zero-order valence-corrected chi connectivity index (χ0v) is 15.8. The first-order valence-electron chi connectivity index (χ1n) is 9.08. The lowest BCUT2D eigenvalue weighted by Gasteiger charge is -2.31. The van der Waals surface area contributed by atoms with E-state index in [4.69, 9.17) is 21.6 Å². The van der Waals surface area contributed by atoms with Crippen LogP contribution < -0.4 is 10.1 Å². The largest absolute Gasteiger partial charge is 0.455 e. The third-order valence-electron chi connectivity index (χ3n) is 4.59. The second-order valence-electron chi connectivity index (χ2n) is 6.59. The first-order chi connectivity index (χ1) is 13.2. The van der Waals surface area contributed by atoms with Gasteiger partial charge in [-0.25, -0.2) is 0 Å². The van der Waals surface area contributed by atoms with Crippen molar-refractivity contribution in [2.45, 2.75) is 19.3 Å². The topological polar surface area (TPSA) is 65.4 Å². The van der Waals surface area contributed by atoms with Crippen molar-refractivity contribution in [3.63, 3.8) is 0 Å². The Labute approximate surface area is 164 Å². The van der Waals surface area contributed by atoms with Crippen molar-refractivity contribution in [3.05, 3.63) is 53.6 Å². The summed E-state index contributed by atoms with van der Waals surface area (Å²) in [5, 5.41) is 12.3. The number of nitrogens with one attached hydrogen (secondary N) is 1. The van der Waals surface area contributed by atoms with E-state index in [1.165, 1.54) is 0 Å². The highest BCUT2D eigenvalue weighted by Crippen LogP contribution is 2.32. The molecule has 1 aliphatic rings. The second kappa shape index (κ2) is 9.40. The van der Waals surface area contributed by atoms with E-state index in [9.17, 15) is 4.79 Å². The molecular formula is C21H22ClN3O2. The average molecular weight is 384 g/mol. The molecule has 0 radical (unpaired) electrons. The van der Waals surface area contributed by atoms with Crippen LogP contribution in [-0.2, 0) is 4.79 Å². The van der Waals surface area contributed by atoms with Crippen LogP contribution in [0.5, 0.6) is 11.5 Å². The number of hydrogen-bond donors (Lipinski definition) is 1. The number of halogens is 1. The van der Waals surface area contributed by atoms with E-state index in [0.29, 0.717) is 41.7 Å². The summed E-state index contributed by atoms with van der Waals surface area (Å²) >= 11 is 6.12. The minimum absolute atomic E-state index is 0.0446. The van der Waals surface area contributed by atoms with Crippen LogP contribution in [-0.4, -0.2) is 30.4 Å². The summed E-state index contributed by atoms with van der Waals surface area (Å²) in [5.41, 5.74) is 0.561. The predicted octanol–water partition coefficient (Wildman–Crippen LogP) is 4.70. The van der Waals surface area contributed by atoms with Gasteiger partial charge in [-0.3, -0.25) is 4.79 Å². The maximum Gasteiger partial charge on any atom is 0.228 e. The van der Waals surface area contributed by atoms with Gasteiger partial charge < -0.3 is 15.0 Å². The Kier molecular flexibility index (Phi) is 6.69. The van der Waals surface area contributed by atoms with Crippen molar-refractivity contribution in [3.8, 4) is 17.6 Å². The van der Waals surface area contributed by atoms with Crippen LogP contribution in [0.25, 0.3) is 0 Å². The molecule has 1 fully saturated rings. The zero-order valence-electron chi connectivity index (χ0n) is 15.0. The van der Waals surface area contributed by atoms with Gasteiger partial charge >= 0.3 is 0 Å². The summed E-state index contributed by atoms with van der Waals surface area (Å²) in [6.07, 6.45) is 2.27. The molecule has 1 saturated heterocycles. The van der Waals surface area contributed by atoms with Gasteiger partial charge in [0.1, 0.15) is 5.75 Å². The monoisotopic (exact) mass is 383 g/mol. The second-order valence-corrected chi connectivity index (χ2v) is 7.03. The Hall–Kier alpha value is -2.55. The van der Waals surface area contributed by atoms with Gasteiger partial charge in [-0.05, 0) is 49.7 Å². The van der Waals surface area contributed by atoms with Crippen LogP contribution in [0.3, 0.4) is 0 Å². The molecule has 0 bridgehead atoms. The number of nitrogens with zero attached hydrogens (tertiary/aromatic N) is 2. The molecule has 27 heavy (non-hydrogen) atoms. The lowest BCUT2D eigenvalue weighted by atomic mass is 9.97. The minimum atomic E-state index is -0.110. The highest BCUT2D eigenvalue weighted by molar-refractivity contribution is 6.31. The van der Waals surface area contributed by atoms with E-state index in [0.717, 1.165) is 19.4 Å². The minimum Gasteiger partial charge on any atom is -0.455 e. The van der Waals surface area contributed by atoms with Crippen LogP contribution in [0.4, 0.5) is 5.69 Å². The molecule has 140 valence electrons. The lowest BCUT2D eigenvalue weighted by molar-refractivity contribution is -0.121. The molecule has 1 N–H and O–H groups in total. The lowest BCUT2D eigenvalue weighted by Crippen LogP contribution is -2.41. The third-order valence-corrected chi connectivity index (χ3v) is 4.82. The molecule has 2 aromatic rings. The number of para-hydroxylation sites is 1. The predicted molar refractivity (Wildman–Crippen MR) is 106 cm³/mol. The summed E-state index contributed by atoms with van der Waals surface area (Å²) < 4.78 is 5.91. The number of carbonyl (C=O) groups excluding carboxylic acids is 1. The zero-order chi connectivity index (χ0) is 19.1. The maximum atomic E-state index is 12.8. The number of rotatable bonds is 6. The van der Waals surface area contributed by atoms with Crippen molar-refractivity contribution in [1.29, 1.82) is 5.26 Å². The molecule has 0 saturated carbocycles. The van der Waals surface area contributed by atoms with Crippen LogP contribution in [0.1, 0.15) is 19.3 Å². The average Bonchev–Trinajstić information content (AvgIpc) is 2.69. The molecule has 1 unspecified atom stereocenters. The molecule has 1 atom stereocenters. The smallest absolute Gasteiger partial charge is 0.228 e. The van der Waals surface area contributed by atoms with Gasteiger partial charge in [0.15, 0.2) is 5.75 Å². The fourth-order valence-electron chi connectivity index (χ4n) is 3.22. The first-order valence-corrected chi connectivity index (χ1v) is 9.46. The van der Waals surface area contributed by atoms with E-state index in [2.05, 4.69) is 16.3 Å². The van der Waals surface area contributed by atoms with Gasteiger partial charge in [-0.1, -0.05) is 29.8 Å². The van der Waals surface area contributed by atoms with E-state index in [1.54, 1.807) is 18.2 Å². The summed E-state index contributed by atoms with van der Waals surface area (Å²) in [6.45, 7) is 2.31. The molecule has 1 amide bonds. The fraction of sp³-hybridized carbons (Fsp3) is 0.333. The molecule has 0 aromatic heterocycles. The quantitative estimate of drug-likeness (QED) is 0.785. The molecule has 0 aliphatic carbocycles. The third kappa shape index (κ3) is 5.46. The molecule has 2 aromatic carbocycles. The first kappa shape index (κ1) is 19.2. The number of benzene rings is 2. The molecule has 0 spiro atoms. The van der Waals surface area contributed by atoms with Crippen LogP contribution in [0.15, 0.2) is 48.5 Å².